The normalized spacial score (nSPS) is 14.1. The number of unbranched alkanes of at least 4 members (excludes halogenated alkanes) is 1. The van der Waals surface area contributed by atoms with Crippen LogP contribution in [0, 0.1) is 6.92 Å². The minimum absolute atomic E-state index is 0.105. The largest absolute Gasteiger partial charge is 0.444 e. The van der Waals surface area contributed by atoms with Gasteiger partial charge in [0.1, 0.15) is 5.76 Å². The number of benzene rings is 1. The molecule has 2 atom stereocenters. The Balaban J connectivity index is 1.94. The lowest BCUT2D eigenvalue weighted by molar-refractivity contribution is 0.380. The van der Waals surface area contributed by atoms with Crippen molar-refractivity contribution in [2.75, 3.05) is 0 Å². The molecule has 2 rings (SSSR count). The van der Waals surface area contributed by atoms with Crippen molar-refractivity contribution in [2.24, 2.45) is 0 Å². The summed E-state index contributed by atoms with van der Waals surface area (Å²) in [6.45, 7) is 8.40. The lowest BCUT2D eigenvalue weighted by Gasteiger charge is -2.18. The summed E-state index contributed by atoms with van der Waals surface area (Å²) < 4.78 is 5.57. The number of nitrogens with one attached hydrogen (secondary N) is 1. The first kappa shape index (κ1) is 15.8. The summed E-state index contributed by atoms with van der Waals surface area (Å²) in [4.78, 5) is 4.28. The molecule has 0 amide bonds. The standard InChI is InChI=1S/C18H26N2O/c1-5-6-7-16-8-10-17(11-9-16)14(3)20-15(4)18-19-12-13(2)21-18/h8-12,14-15,20H,5-7H2,1-4H3. The second kappa shape index (κ2) is 7.41. The zero-order chi connectivity index (χ0) is 15.2. The molecule has 0 saturated heterocycles. The average Bonchev–Trinajstić information content (AvgIpc) is 2.92. The van der Waals surface area contributed by atoms with Gasteiger partial charge in [-0.3, -0.25) is 5.32 Å². The number of hydrogen-bond donors (Lipinski definition) is 1. The van der Waals surface area contributed by atoms with Crippen LogP contribution in [-0.2, 0) is 6.42 Å². The fourth-order valence-electron chi connectivity index (χ4n) is 2.47. The van der Waals surface area contributed by atoms with E-state index < -0.39 is 0 Å². The molecule has 21 heavy (non-hydrogen) atoms. The van der Waals surface area contributed by atoms with Crippen molar-refractivity contribution < 1.29 is 4.42 Å². The SMILES string of the molecule is CCCCc1ccc(C(C)NC(C)c2ncc(C)o2)cc1. The molecule has 0 aliphatic rings. The van der Waals surface area contributed by atoms with Gasteiger partial charge < -0.3 is 4.42 Å². The van der Waals surface area contributed by atoms with Crippen LogP contribution >= 0.6 is 0 Å². The van der Waals surface area contributed by atoms with E-state index in [-0.39, 0.29) is 12.1 Å². The molecule has 2 aromatic rings. The first-order valence-corrected chi connectivity index (χ1v) is 7.87. The minimum Gasteiger partial charge on any atom is -0.444 e. The molecule has 1 aromatic carbocycles. The first-order valence-electron chi connectivity index (χ1n) is 7.87. The Bertz CT molecular complexity index is 545. The molecule has 0 aliphatic carbocycles. The van der Waals surface area contributed by atoms with Gasteiger partial charge in [0.25, 0.3) is 0 Å². The predicted molar refractivity (Wildman–Crippen MR) is 86.3 cm³/mol. The fraction of sp³-hybridized carbons (Fsp3) is 0.500. The Labute approximate surface area is 127 Å². The van der Waals surface area contributed by atoms with Crippen molar-refractivity contribution in [3.8, 4) is 0 Å². The number of aryl methyl sites for hydroxylation is 2. The third kappa shape index (κ3) is 4.43. The van der Waals surface area contributed by atoms with Gasteiger partial charge in [0.2, 0.25) is 5.89 Å². The topological polar surface area (TPSA) is 38.1 Å². The van der Waals surface area contributed by atoms with E-state index in [1.807, 2.05) is 6.92 Å². The van der Waals surface area contributed by atoms with Crippen LogP contribution in [-0.4, -0.2) is 4.98 Å². The molecule has 0 radical (unpaired) electrons. The number of oxazole rings is 1. The maximum atomic E-state index is 5.57. The second-order valence-corrected chi connectivity index (χ2v) is 5.76. The van der Waals surface area contributed by atoms with Gasteiger partial charge in [0.05, 0.1) is 12.2 Å². The van der Waals surface area contributed by atoms with Crippen LogP contribution < -0.4 is 5.32 Å². The molecule has 2 unspecified atom stereocenters. The van der Waals surface area contributed by atoms with Gasteiger partial charge in [-0.1, -0.05) is 37.6 Å². The zero-order valence-electron chi connectivity index (χ0n) is 13.5. The van der Waals surface area contributed by atoms with Crippen LogP contribution in [0.5, 0.6) is 0 Å². The summed E-state index contributed by atoms with van der Waals surface area (Å²) in [6, 6.07) is 9.29. The van der Waals surface area contributed by atoms with E-state index in [0.717, 1.165) is 11.7 Å². The highest BCUT2D eigenvalue weighted by Crippen LogP contribution is 2.20. The molecular formula is C18H26N2O. The predicted octanol–water partition coefficient (Wildman–Crippen LogP) is 4.74. The van der Waals surface area contributed by atoms with E-state index in [4.69, 9.17) is 4.42 Å². The summed E-state index contributed by atoms with van der Waals surface area (Å²) in [6.07, 6.45) is 5.44. The van der Waals surface area contributed by atoms with Gasteiger partial charge in [-0.25, -0.2) is 4.98 Å². The highest BCUT2D eigenvalue weighted by molar-refractivity contribution is 5.25. The highest BCUT2D eigenvalue weighted by atomic mass is 16.4. The monoisotopic (exact) mass is 286 g/mol. The van der Waals surface area contributed by atoms with Gasteiger partial charge in [-0.2, -0.15) is 0 Å². The third-order valence-electron chi connectivity index (χ3n) is 3.81. The number of rotatable bonds is 7. The molecule has 0 fully saturated rings. The molecule has 3 heteroatoms. The molecule has 114 valence electrons. The van der Waals surface area contributed by atoms with Crippen LogP contribution in [0.4, 0.5) is 0 Å². The Morgan fingerprint density at radius 3 is 2.43 bits per heavy atom. The Hall–Kier alpha value is -1.61. The second-order valence-electron chi connectivity index (χ2n) is 5.76. The van der Waals surface area contributed by atoms with Crippen LogP contribution in [0.25, 0.3) is 0 Å². The number of aromatic nitrogens is 1. The molecule has 0 aliphatic heterocycles. The molecule has 1 heterocycles. The highest BCUT2D eigenvalue weighted by Gasteiger charge is 2.15. The first-order chi connectivity index (χ1) is 10.1. The number of hydrogen-bond acceptors (Lipinski definition) is 3. The molecule has 3 nitrogen and oxygen atoms in total. The summed E-state index contributed by atoms with van der Waals surface area (Å²) in [5.41, 5.74) is 2.72. The Kier molecular flexibility index (Phi) is 5.57. The molecule has 0 bridgehead atoms. The van der Waals surface area contributed by atoms with Crippen molar-refractivity contribution in [2.45, 2.75) is 59.0 Å². The van der Waals surface area contributed by atoms with Gasteiger partial charge in [0.15, 0.2) is 0 Å². The molecule has 0 saturated carbocycles. The van der Waals surface area contributed by atoms with Crippen LogP contribution in [0.2, 0.25) is 0 Å². The van der Waals surface area contributed by atoms with Crippen LogP contribution in [0.3, 0.4) is 0 Å². The smallest absolute Gasteiger partial charge is 0.211 e. The van der Waals surface area contributed by atoms with Gasteiger partial charge in [-0.15, -0.1) is 0 Å². The summed E-state index contributed by atoms with van der Waals surface area (Å²) in [7, 11) is 0. The van der Waals surface area contributed by atoms with E-state index >= 15 is 0 Å². The van der Waals surface area contributed by atoms with E-state index in [1.54, 1.807) is 6.20 Å². The molecular weight excluding hydrogens is 260 g/mol. The van der Waals surface area contributed by atoms with E-state index in [9.17, 15) is 0 Å². The van der Waals surface area contributed by atoms with E-state index in [0.29, 0.717) is 0 Å². The Morgan fingerprint density at radius 1 is 1.14 bits per heavy atom. The van der Waals surface area contributed by atoms with Crippen LogP contribution in [0.1, 0.15) is 68.5 Å². The van der Waals surface area contributed by atoms with Gasteiger partial charge >= 0.3 is 0 Å². The fourth-order valence-corrected chi connectivity index (χ4v) is 2.47. The summed E-state index contributed by atoms with van der Waals surface area (Å²) in [5.74, 6) is 1.60. The lowest BCUT2D eigenvalue weighted by Crippen LogP contribution is -2.22. The lowest BCUT2D eigenvalue weighted by atomic mass is 10.0. The van der Waals surface area contributed by atoms with E-state index in [2.05, 4.69) is 55.3 Å². The molecule has 1 aromatic heterocycles. The summed E-state index contributed by atoms with van der Waals surface area (Å²) in [5, 5.41) is 3.53. The van der Waals surface area contributed by atoms with Crippen molar-refractivity contribution in [3.63, 3.8) is 0 Å². The van der Waals surface area contributed by atoms with Crippen molar-refractivity contribution in [3.05, 3.63) is 53.2 Å². The summed E-state index contributed by atoms with van der Waals surface area (Å²) >= 11 is 0. The molecule has 1 N–H and O–H groups in total. The molecule has 0 spiro atoms. The van der Waals surface area contributed by atoms with Crippen molar-refractivity contribution in [1.82, 2.24) is 10.3 Å². The zero-order valence-corrected chi connectivity index (χ0v) is 13.5. The Morgan fingerprint density at radius 2 is 1.86 bits per heavy atom. The maximum absolute atomic E-state index is 5.57. The maximum Gasteiger partial charge on any atom is 0.211 e. The van der Waals surface area contributed by atoms with Crippen molar-refractivity contribution >= 4 is 0 Å². The minimum atomic E-state index is 0.105. The van der Waals surface area contributed by atoms with Gasteiger partial charge in [0, 0.05) is 6.04 Å². The van der Waals surface area contributed by atoms with Gasteiger partial charge in [-0.05, 0) is 44.7 Å². The average molecular weight is 286 g/mol. The van der Waals surface area contributed by atoms with E-state index in [1.165, 1.54) is 30.4 Å². The number of nitrogens with zero attached hydrogens (tertiary/aromatic N) is 1. The third-order valence-corrected chi connectivity index (χ3v) is 3.81. The van der Waals surface area contributed by atoms with Crippen molar-refractivity contribution in [1.29, 1.82) is 0 Å². The quantitative estimate of drug-likeness (QED) is 0.799. The van der Waals surface area contributed by atoms with Crippen LogP contribution in [0.15, 0.2) is 34.9 Å².